The van der Waals surface area contributed by atoms with Gasteiger partial charge < -0.3 is 15.6 Å². The maximum Gasteiger partial charge on any atom is 0.412 e. The summed E-state index contributed by atoms with van der Waals surface area (Å²) in [6, 6.07) is 6.04. The standard InChI is InChI=1S/C19H30N2O3/c1-13-11-14(19(12-20)9-7-15(22)8-10-19)5-6-16(13)21-17(23)24-18(2,3)4/h5-6,11,15,22H,7-10,12,20H2,1-4H3,(H,21,23). The lowest BCUT2D eigenvalue weighted by atomic mass is 9.68. The molecule has 24 heavy (non-hydrogen) atoms. The van der Waals surface area contributed by atoms with E-state index in [9.17, 15) is 9.90 Å². The molecule has 1 saturated carbocycles. The third-order valence-corrected chi connectivity index (χ3v) is 4.78. The summed E-state index contributed by atoms with van der Waals surface area (Å²) < 4.78 is 5.30. The van der Waals surface area contributed by atoms with Gasteiger partial charge >= 0.3 is 6.09 Å². The fourth-order valence-electron chi connectivity index (χ4n) is 3.31. The molecule has 2 rings (SSSR count). The summed E-state index contributed by atoms with van der Waals surface area (Å²) >= 11 is 0. The molecule has 0 spiro atoms. The van der Waals surface area contributed by atoms with Gasteiger partial charge in [-0.2, -0.15) is 0 Å². The van der Waals surface area contributed by atoms with Crippen LogP contribution in [0.25, 0.3) is 0 Å². The number of nitrogens with one attached hydrogen (secondary N) is 1. The highest BCUT2D eigenvalue weighted by Gasteiger charge is 2.35. The molecule has 134 valence electrons. The van der Waals surface area contributed by atoms with E-state index in [0.29, 0.717) is 6.54 Å². The van der Waals surface area contributed by atoms with Crippen LogP contribution in [-0.2, 0) is 10.2 Å². The monoisotopic (exact) mass is 334 g/mol. The number of hydrogen-bond acceptors (Lipinski definition) is 4. The maximum absolute atomic E-state index is 11.9. The van der Waals surface area contributed by atoms with Crippen molar-refractivity contribution in [3.8, 4) is 0 Å². The first-order valence-corrected chi connectivity index (χ1v) is 8.64. The first-order valence-electron chi connectivity index (χ1n) is 8.64. The molecule has 5 nitrogen and oxygen atoms in total. The minimum atomic E-state index is -0.523. The minimum Gasteiger partial charge on any atom is -0.444 e. The van der Waals surface area contributed by atoms with Crippen molar-refractivity contribution in [1.82, 2.24) is 0 Å². The van der Waals surface area contributed by atoms with Crippen LogP contribution in [0.3, 0.4) is 0 Å². The van der Waals surface area contributed by atoms with Crippen LogP contribution in [0.1, 0.15) is 57.6 Å². The number of aliphatic hydroxyl groups is 1. The number of aryl methyl sites for hydroxylation is 1. The van der Waals surface area contributed by atoms with Crippen LogP contribution in [-0.4, -0.2) is 29.4 Å². The van der Waals surface area contributed by atoms with E-state index in [1.54, 1.807) is 0 Å². The summed E-state index contributed by atoms with van der Waals surface area (Å²) in [6.45, 7) is 8.05. The van der Waals surface area contributed by atoms with Crippen molar-refractivity contribution >= 4 is 11.8 Å². The van der Waals surface area contributed by atoms with Gasteiger partial charge in [0.1, 0.15) is 5.60 Å². The Hall–Kier alpha value is -1.59. The van der Waals surface area contributed by atoms with Gasteiger partial charge in [0.15, 0.2) is 0 Å². The van der Waals surface area contributed by atoms with E-state index in [1.165, 1.54) is 5.56 Å². The van der Waals surface area contributed by atoms with E-state index >= 15 is 0 Å². The fraction of sp³-hybridized carbons (Fsp3) is 0.632. The molecule has 0 radical (unpaired) electrons. The molecule has 0 atom stereocenters. The number of ether oxygens (including phenoxy) is 1. The van der Waals surface area contributed by atoms with Crippen LogP contribution in [0, 0.1) is 6.92 Å². The molecule has 1 aliphatic rings. The van der Waals surface area contributed by atoms with Gasteiger partial charge in [0.05, 0.1) is 6.10 Å². The van der Waals surface area contributed by atoms with Gasteiger partial charge in [-0.3, -0.25) is 5.32 Å². The van der Waals surface area contributed by atoms with Crippen molar-refractivity contribution < 1.29 is 14.6 Å². The van der Waals surface area contributed by atoms with Crippen molar-refractivity contribution in [1.29, 1.82) is 0 Å². The summed E-state index contributed by atoms with van der Waals surface area (Å²) in [7, 11) is 0. The van der Waals surface area contributed by atoms with Gasteiger partial charge in [0, 0.05) is 17.6 Å². The van der Waals surface area contributed by atoms with Crippen molar-refractivity contribution in [2.45, 2.75) is 70.5 Å². The normalized spacial score (nSPS) is 24.5. The number of rotatable bonds is 3. The highest BCUT2D eigenvalue weighted by molar-refractivity contribution is 5.86. The third kappa shape index (κ3) is 4.48. The zero-order valence-corrected chi connectivity index (χ0v) is 15.2. The number of nitrogens with two attached hydrogens (primary N) is 1. The number of carbonyl (C=O) groups excluding carboxylic acids is 1. The summed E-state index contributed by atoms with van der Waals surface area (Å²) in [5.74, 6) is 0. The molecule has 5 heteroatoms. The zero-order valence-electron chi connectivity index (χ0n) is 15.2. The molecular weight excluding hydrogens is 304 g/mol. The molecule has 0 aromatic heterocycles. The molecule has 0 unspecified atom stereocenters. The van der Waals surface area contributed by atoms with Gasteiger partial charge in [0.2, 0.25) is 0 Å². The Morgan fingerprint density at radius 1 is 1.38 bits per heavy atom. The molecule has 0 aliphatic heterocycles. The number of anilines is 1. The first-order chi connectivity index (χ1) is 11.1. The van der Waals surface area contributed by atoms with Crippen LogP contribution < -0.4 is 11.1 Å². The minimum absolute atomic E-state index is 0.0750. The number of aliphatic hydroxyl groups excluding tert-OH is 1. The first kappa shape index (κ1) is 18.7. The molecular formula is C19H30N2O3. The van der Waals surface area contributed by atoms with E-state index in [0.717, 1.165) is 36.9 Å². The van der Waals surface area contributed by atoms with E-state index in [2.05, 4.69) is 11.4 Å². The van der Waals surface area contributed by atoms with Crippen molar-refractivity contribution in [3.63, 3.8) is 0 Å². The van der Waals surface area contributed by atoms with E-state index in [1.807, 2.05) is 39.8 Å². The molecule has 4 N–H and O–H groups in total. The van der Waals surface area contributed by atoms with E-state index < -0.39 is 11.7 Å². The molecule has 0 heterocycles. The summed E-state index contributed by atoms with van der Waals surface area (Å²) in [5.41, 5.74) is 8.40. The third-order valence-electron chi connectivity index (χ3n) is 4.78. The molecule has 0 bridgehead atoms. The molecule has 1 fully saturated rings. The van der Waals surface area contributed by atoms with Crippen LogP contribution in [0.5, 0.6) is 0 Å². The Kier molecular flexibility index (Phi) is 5.56. The second-order valence-corrected chi connectivity index (χ2v) is 7.87. The maximum atomic E-state index is 11.9. The highest BCUT2D eigenvalue weighted by atomic mass is 16.6. The predicted molar refractivity (Wildman–Crippen MR) is 96.2 cm³/mol. The highest BCUT2D eigenvalue weighted by Crippen LogP contribution is 2.39. The molecule has 1 aliphatic carbocycles. The lowest BCUT2D eigenvalue weighted by Gasteiger charge is -2.39. The van der Waals surface area contributed by atoms with Crippen LogP contribution in [0.4, 0.5) is 10.5 Å². The van der Waals surface area contributed by atoms with Gasteiger partial charge in [-0.25, -0.2) is 4.79 Å². The van der Waals surface area contributed by atoms with Crippen molar-refractivity contribution in [3.05, 3.63) is 29.3 Å². The Morgan fingerprint density at radius 2 is 2.00 bits per heavy atom. The van der Waals surface area contributed by atoms with E-state index in [-0.39, 0.29) is 11.5 Å². The molecule has 1 aromatic rings. The SMILES string of the molecule is Cc1cc(C2(CN)CCC(O)CC2)ccc1NC(=O)OC(C)(C)C. The number of amides is 1. The Balaban J connectivity index is 2.15. The second-order valence-electron chi connectivity index (χ2n) is 7.87. The lowest BCUT2D eigenvalue weighted by molar-refractivity contribution is 0.0635. The molecule has 1 aromatic carbocycles. The van der Waals surface area contributed by atoms with Gasteiger partial charge in [-0.15, -0.1) is 0 Å². The van der Waals surface area contributed by atoms with Crippen LogP contribution >= 0.6 is 0 Å². The largest absolute Gasteiger partial charge is 0.444 e. The van der Waals surface area contributed by atoms with Crippen molar-refractivity contribution in [2.24, 2.45) is 5.73 Å². The summed E-state index contributed by atoms with van der Waals surface area (Å²) in [4.78, 5) is 11.9. The predicted octanol–water partition coefficient (Wildman–Crippen LogP) is 3.47. The smallest absolute Gasteiger partial charge is 0.412 e. The second kappa shape index (κ2) is 7.11. The Bertz CT molecular complexity index is 585. The van der Waals surface area contributed by atoms with Gasteiger partial charge in [-0.1, -0.05) is 12.1 Å². The summed E-state index contributed by atoms with van der Waals surface area (Å²) in [5, 5.41) is 12.6. The Morgan fingerprint density at radius 3 is 2.50 bits per heavy atom. The average Bonchev–Trinajstić information content (AvgIpc) is 2.49. The molecule has 0 saturated heterocycles. The summed E-state index contributed by atoms with van der Waals surface area (Å²) in [6.07, 6.45) is 2.69. The quantitative estimate of drug-likeness (QED) is 0.790. The van der Waals surface area contributed by atoms with Crippen molar-refractivity contribution in [2.75, 3.05) is 11.9 Å². The fourth-order valence-corrected chi connectivity index (χ4v) is 3.31. The molecule has 1 amide bonds. The number of hydrogen-bond donors (Lipinski definition) is 3. The van der Waals surface area contributed by atoms with Gasteiger partial charge in [0.25, 0.3) is 0 Å². The Labute approximate surface area is 144 Å². The van der Waals surface area contributed by atoms with Crippen LogP contribution in [0.15, 0.2) is 18.2 Å². The number of benzene rings is 1. The van der Waals surface area contributed by atoms with Crippen LogP contribution in [0.2, 0.25) is 0 Å². The lowest BCUT2D eigenvalue weighted by Crippen LogP contribution is -2.40. The van der Waals surface area contributed by atoms with E-state index in [4.69, 9.17) is 10.5 Å². The van der Waals surface area contributed by atoms with Gasteiger partial charge in [-0.05, 0) is 70.6 Å². The number of carbonyl (C=O) groups is 1. The zero-order chi connectivity index (χ0) is 18.0. The topological polar surface area (TPSA) is 84.6 Å². The average molecular weight is 334 g/mol.